The number of allylic oxidation sites excluding steroid dienone is 1. The van der Waals surface area contributed by atoms with Crippen LogP contribution in [-0.4, -0.2) is 49.6 Å². The Morgan fingerprint density at radius 3 is 2.79 bits per heavy atom. The van der Waals surface area contributed by atoms with Crippen molar-refractivity contribution in [2.75, 3.05) is 27.2 Å². The fourth-order valence-electron chi connectivity index (χ4n) is 7.32. The Morgan fingerprint density at radius 2 is 2.00 bits per heavy atom. The third-order valence-corrected chi connectivity index (χ3v) is 9.10. The molecule has 0 radical (unpaired) electrons. The van der Waals surface area contributed by atoms with E-state index in [1.54, 1.807) is 5.57 Å². The van der Waals surface area contributed by atoms with Gasteiger partial charge >= 0.3 is 0 Å². The van der Waals surface area contributed by atoms with Crippen molar-refractivity contribution < 1.29 is 9.94 Å². The Labute approximate surface area is 171 Å². The quantitative estimate of drug-likeness (QED) is 0.327. The van der Waals surface area contributed by atoms with E-state index in [0.29, 0.717) is 23.4 Å². The van der Waals surface area contributed by atoms with Gasteiger partial charge in [0.2, 0.25) is 0 Å². The van der Waals surface area contributed by atoms with Crippen molar-refractivity contribution in [1.29, 1.82) is 0 Å². The van der Waals surface area contributed by atoms with Crippen molar-refractivity contribution in [2.45, 2.75) is 71.3 Å². The summed E-state index contributed by atoms with van der Waals surface area (Å²) in [6.07, 6.45) is 14.1. The molecule has 1 N–H and O–H groups in total. The first-order chi connectivity index (χ1) is 13.3. The van der Waals surface area contributed by atoms with E-state index in [4.69, 9.17) is 4.84 Å². The van der Waals surface area contributed by atoms with Crippen molar-refractivity contribution in [3.05, 3.63) is 11.6 Å². The maximum atomic E-state index is 10.2. The van der Waals surface area contributed by atoms with Gasteiger partial charge in [0.25, 0.3) is 0 Å². The zero-order valence-electron chi connectivity index (χ0n) is 18.4. The van der Waals surface area contributed by atoms with Crippen LogP contribution in [0.2, 0.25) is 0 Å². The third kappa shape index (κ3) is 3.45. The van der Waals surface area contributed by atoms with Crippen molar-refractivity contribution in [1.82, 2.24) is 4.90 Å². The standard InChI is InChI=1S/C24H40N2O2/c1-23-11-9-19(27)15-17(23)5-7-20-21-8-6-18(16-25-28-14-13-26(3)4)24(21,2)12-10-22(20)23/h5,16,18-22,27H,6-15H2,1-4H3/b25-16+/t18-,19+,20+,21+,22+,23+,24-/m1/s1. The van der Waals surface area contributed by atoms with E-state index in [1.165, 1.54) is 38.5 Å². The molecule has 0 aromatic heterocycles. The fourth-order valence-corrected chi connectivity index (χ4v) is 7.32. The molecule has 4 nitrogen and oxygen atoms in total. The Morgan fingerprint density at radius 1 is 1.18 bits per heavy atom. The van der Waals surface area contributed by atoms with E-state index in [2.05, 4.69) is 50.3 Å². The van der Waals surface area contributed by atoms with Gasteiger partial charge < -0.3 is 14.8 Å². The molecule has 0 aromatic rings. The highest BCUT2D eigenvalue weighted by atomic mass is 16.6. The van der Waals surface area contributed by atoms with Gasteiger partial charge in [-0.3, -0.25) is 0 Å². The highest BCUT2D eigenvalue weighted by Gasteiger charge is 2.58. The number of nitrogens with zero attached hydrogens (tertiary/aromatic N) is 2. The number of aliphatic hydroxyl groups excluding tert-OH is 1. The van der Waals surface area contributed by atoms with Crippen LogP contribution in [0.3, 0.4) is 0 Å². The van der Waals surface area contributed by atoms with Crippen molar-refractivity contribution in [3.63, 3.8) is 0 Å². The molecule has 0 aliphatic heterocycles. The molecule has 0 unspecified atom stereocenters. The van der Waals surface area contributed by atoms with Crippen LogP contribution >= 0.6 is 0 Å². The molecule has 3 saturated carbocycles. The fraction of sp³-hybridized carbons (Fsp3) is 0.875. The van der Waals surface area contributed by atoms with Gasteiger partial charge in [-0.25, -0.2) is 0 Å². The van der Waals surface area contributed by atoms with E-state index in [0.717, 1.165) is 37.1 Å². The average molecular weight is 389 g/mol. The number of rotatable bonds is 5. The van der Waals surface area contributed by atoms with Crippen LogP contribution in [0.15, 0.2) is 16.8 Å². The van der Waals surface area contributed by atoms with Gasteiger partial charge in [-0.15, -0.1) is 0 Å². The van der Waals surface area contributed by atoms with Crippen LogP contribution in [0.25, 0.3) is 0 Å². The van der Waals surface area contributed by atoms with Gasteiger partial charge in [-0.05, 0) is 94.0 Å². The van der Waals surface area contributed by atoms with Gasteiger partial charge in [0.15, 0.2) is 0 Å². The maximum absolute atomic E-state index is 10.2. The second-order valence-electron chi connectivity index (χ2n) is 10.8. The molecular formula is C24H40N2O2. The minimum absolute atomic E-state index is 0.107. The summed E-state index contributed by atoms with van der Waals surface area (Å²) in [5, 5.41) is 14.5. The van der Waals surface area contributed by atoms with Crippen molar-refractivity contribution in [2.24, 2.45) is 39.7 Å². The highest BCUT2D eigenvalue weighted by Crippen LogP contribution is 2.65. The topological polar surface area (TPSA) is 45.1 Å². The van der Waals surface area contributed by atoms with E-state index in [-0.39, 0.29) is 6.10 Å². The van der Waals surface area contributed by atoms with Crippen LogP contribution in [0.5, 0.6) is 0 Å². The molecule has 4 aliphatic rings. The Kier molecular flexibility index (Phi) is 5.65. The maximum Gasteiger partial charge on any atom is 0.129 e. The van der Waals surface area contributed by atoms with Gasteiger partial charge in [0.1, 0.15) is 6.61 Å². The first-order valence-corrected chi connectivity index (χ1v) is 11.5. The lowest BCUT2D eigenvalue weighted by Gasteiger charge is -2.57. The molecule has 0 spiro atoms. The molecule has 28 heavy (non-hydrogen) atoms. The first-order valence-electron chi connectivity index (χ1n) is 11.5. The third-order valence-electron chi connectivity index (χ3n) is 9.10. The molecule has 0 saturated heterocycles. The van der Waals surface area contributed by atoms with Crippen LogP contribution in [0, 0.1) is 34.5 Å². The summed E-state index contributed by atoms with van der Waals surface area (Å²) in [7, 11) is 4.12. The molecular weight excluding hydrogens is 348 g/mol. The van der Waals surface area contributed by atoms with E-state index < -0.39 is 0 Å². The Balaban J connectivity index is 1.45. The highest BCUT2D eigenvalue weighted by molar-refractivity contribution is 5.62. The number of hydrogen-bond donors (Lipinski definition) is 1. The summed E-state index contributed by atoms with van der Waals surface area (Å²) in [5.74, 6) is 3.00. The lowest BCUT2D eigenvalue weighted by Crippen LogP contribution is -2.50. The van der Waals surface area contributed by atoms with Crippen molar-refractivity contribution in [3.8, 4) is 0 Å². The summed E-state index contributed by atoms with van der Waals surface area (Å²) in [5.41, 5.74) is 2.29. The number of likely N-dealkylation sites (N-methyl/N-ethyl adjacent to an activating group) is 1. The van der Waals surface area contributed by atoms with E-state index in [1.807, 2.05) is 0 Å². The second-order valence-corrected chi connectivity index (χ2v) is 10.8. The minimum atomic E-state index is -0.107. The SMILES string of the molecule is CN(C)CCO/N=C/[C@H]1CC[C@H]2[C@@H]3CC=C4C[C@@H](O)CC[C@]4(C)[C@H]3CC[C@]12C. The molecule has 0 amide bonds. The Bertz CT molecular complexity index is 630. The number of hydrogen-bond acceptors (Lipinski definition) is 4. The molecule has 4 aliphatic carbocycles. The van der Waals surface area contributed by atoms with Gasteiger partial charge in [-0.1, -0.05) is 30.7 Å². The normalized spacial score (nSPS) is 45.5. The average Bonchev–Trinajstić information content (AvgIpc) is 2.98. The number of oxime groups is 1. The van der Waals surface area contributed by atoms with Gasteiger partial charge in [0, 0.05) is 18.7 Å². The summed E-state index contributed by atoms with van der Waals surface area (Å²) < 4.78 is 0. The zero-order chi connectivity index (χ0) is 19.9. The number of fused-ring (bicyclic) bond motifs is 5. The van der Waals surface area contributed by atoms with Crippen molar-refractivity contribution >= 4 is 6.21 Å². The zero-order valence-corrected chi connectivity index (χ0v) is 18.4. The summed E-state index contributed by atoms with van der Waals surface area (Å²) in [6, 6.07) is 0. The molecule has 0 bridgehead atoms. The smallest absolute Gasteiger partial charge is 0.129 e. The monoisotopic (exact) mass is 388 g/mol. The van der Waals surface area contributed by atoms with Crippen LogP contribution < -0.4 is 0 Å². The lowest BCUT2D eigenvalue weighted by atomic mass is 9.47. The lowest BCUT2D eigenvalue weighted by molar-refractivity contribution is -0.0421. The predicted molar refractivity (Wildman–Crippen MR) is 114 cm³/mol. The summed E-state index contributed by atoms with van der Waals surface area (Å²) in [6.45, 7) is 6.62. The molecule has 0 aromatic carbocycles. The van der Waals surface area contributed by atoms with Gasteiger partial charge in [-0.2, -0.15) is 0 Å². The number of aliphatic hydroxyl groups is 1. The van der Waals surface area contributed by atoms with E-state index in [9.17, 15) is 5.11 Å². The first kappa shape index (κ1) is 20.4. The summed E-state index contributed by atoms with van der Waals surface area (Å²) >= 11 is 0. The minimum Gasteiger partial charge on any atom is -0.395 e. The van der Waals surface area contributed by atoms with Crippen LogP contribution in [-0.2, 0) is 4.84 Å². The molecule has 0 heterocycles. The molecule has 7 atom stereocenters. The second kappa shape index (κ2) is 7.75. The molecule has 158 valence electrons. The molecule has 3 fully saturated rings. The molecule has 4 rings (SSSR count). The van der Waals surface area contributed by atoms with Crippen LogP contribution in [0.1, 0.15) is 65.2 Å². The Hall–Kier alpha value is -0.870. The van der Waals surface area contributed by atoms with E-state index >= 15 is 0 Å². The van der Waals surface area contributed by atoms with Crippen LogP contribution in [0.4, 0.5) is 0 Å². The molecule has 4 heteroatoms. The predicted octanol–water partition coefficient (Wildman–Crippen LogP) is 4.49. The largest absolute Gasteiger partial charge is 0.395 e. The van der Waals surface area contributed by atoms with Gasteiger partial charge in [0.05, 0.1) is 6.10 Å². The summed E-state index contributed by atoms with van der Waals surface area (Å²) in [4.78, 5) is 7.65.